The Bertz CT molecular complexity index is 754. The molecule has 0 atom stereocenters. The van der Waals surface area contributed by atoms with Gasteiger partial charge in [-0.05, 0) is 0 Å². The van der Waals surface area contributed by atoms with Gasteiger partial charge in [0.15, 0.2) is 5.82 Å². The number of hydrogen-bond donors (Lipinski definition) is 0. The van der Waals surface area contributed by atoms with Crippen LogP contribution < -0.4 is 0 Å². The normalized spacial score (nSPS) is 10.4. The van der Waals surface area contributed by atoms with Crippen molar-refractivity contribution in [2.45, 2.75) is 0 Å². The third-order valence-corrected chi connectivity index (χ3v) is 2.75. The first kappa shape index (κ1) is 12.0. The summed E-state index contributed by atoms with van der Waals surface area (Å²) in [6, 6.07) is 6.34. The Kier molecular flexibility index (Phi) is 2.92. The molecule has 20 heavy (non-hydrogen) atoms. The van der Waals surface area contributed by atoms with E-state index in [1.807, 2.05) is 0 Å². The van der Waals surface area contributed by atoms with Gasteiger partial charge in [-0.2, -0.15) is 0 Å². The second-order valence-electron chi connectivity index (χ2n) is 4.04. The monoisotopic (exact) mass is 267 g/mol. The first-order chi connectivity index (χ1) is 9.74. The van der Waals surface area contributed by atoms with Gasteiger partial charge < -0.3 is 0 Å². The summed E-state index contributed by atoms with van der Waals surface area (Å²) in [4.78, 5) is 22.7. The summed E-state index contributed by atoms with van der Waals surface area (Å²) in [5.41, 5.74) is 1.36. The number of hydrogen-bond acceptors (Lipinski definition) is 5. The van der Waals surface area contributed by atoms with E-state index in [-0.39, 0.29) is 5.69 Å². The number of aromatic nitrogens is 4. The first-order valence-electron chi connectivity index (χ1n) is 5.79. The largest absolute Gasteiger partial charge is 0.289 e. The Morgan fingerprint density at radius 2 is 2.10 bits per heavy atom. The van der Waals surface area contributed by atoms with Crippen LogP contribution in [0.4, 0.5) is 5.69 Å². The number of nitro groups is 1. The van der Waals surface area contributed by atoms with Crippen molar-refractivity contribution in [1.82, 2.24) is 19.5 Å². The van der Waals surface area contributed by atoms with E-state index in [4.69, 9.17) is 0 Å². The number of imidazole rings is 1. The molecule has 98 valence electrons. The lowest BCUT2D eigenvalue weighted by molar-refractivity contribution is -0.384. The predicted octanol–water partition coefficient (Wildman–Crippen LogP) is 2.24. The average Bonchev–Trinajstić information content (AvgIpc) is 2.98. The first-order valence-corrected chi connectivity index (χ1v) is 5.79. The molecular formula is C13H9N5O2. The number of rotatable bonds is 3. The van der Waals surface area contributed by atoms with Gasteiger partial charge in [-0.1, -0.05) is 12.1 Å². The van der Waals surface area contributed by atoms with Crippen molar-refractivity contribution < 1.29 is 4.92 Å². The SMILES string of the molecule is O=[N+]([O-])c1cccc(-c2cn(-c3cnccn3)cn2)c1. The molecule has 7 nitrogen and oxygen atoms in total. The van der Waals surface area contributed by atoms with Crippen molar-refractivity contribution in [3.63, 3.8) is 0 Å². The molecule has 0 unspecified atom stereocenters. The highest BCUT2D eigenvalue weighted by Gasteiger charge is 2.09. The lowest BCUT2D eigenvalue weighted by Crippen LogP contribution is -1.93. The van der Waals surface area contributed by atoms with E-state index in [2.05, 4.69) is 15.0 Å². The highest BCUT2D eigenvalue weighted by Crippen LogP contribution is 2.22. The Morgan fingerprint density at radius 1 is 1.20 bits per heavy atom. The molecule has 0 N–H and O–H groups in total. The molecule has 0 radical (unpaired) electrons. The van der Waals surface area contributed by atoms with Crippen molar-refractivity contribution in [3.8, 4) is 17.1 Å². The highest BCUT2D eigenvalue weighted by molar-refractivity contribution is 5.62. The fourth-order valence-corrected chi connectivity index (χ4v) is 1.80. The van der Waals surface area contributed by atoms with Gasteiger partial charge in [-0.3, -0.25) is 19.7 Å². The van der Waals surface area contributed by atoms with E-state index in [1.165, 1.54) is 12.1 Å². The maximum atomic E-state index is 10.8. The van der Waals surface area contributed by atoms with Crippen molar-refractivity contribution in [3.05, 3.63) is 65.5 Å². The Hall–Kier alpha value is -3.09. The van der Waals surface area contributed by atoms with Crippen LogP contribution in [-0.2, 0) is 0 Å². The highest BCUT2D eigenvalue weighted by atomic mass is 16.6. The maximum absolute atomic E-state index is 10.8. The second kappa shape index (κ2) is 4.88. The molecule has 2 heterocycles. The second-order valence-corrected chi connectivity index (χ2v) is 4.04. The van der Waals surface area contributed by atoms with E-state index in [1.54, 1.807) is 47.8 Å². The van der Waals surface area contributed by atoms with Crippen LogP contribution in [0.5, 0.6) is 0 Å². The molecule has 0 saturated carbocycles. The van der Waals surface area contributed by atoms with Gasteiger partial charge in [0.1, 0.15) is 6.33 Å². The Labute approximate surface area is 113 Å². The summed E-state index contributed by atoms with van der Waals surface area (Å²) < 4.78 is 1.71. The maximum Gasteiger partial charge on any atom is 0.270 e. The van der Waals surface area contributed by atoms with E-state index in [0.717, 1.165) is 0 Å². The number of nitro benzene ring substituents is 1. The summed E-state index contributed by atoms with van der Waals surface area (Å²) in [5.74, 6) is 0.636. The molecule has 0 aliphatic heterocycles. The molecule has 0 aliphatic carbocycles. The standard InChI is InChI=1S/C13H9N5O2/c19-18(20)11-3-1-2-10(6-11)12-8-17(9-16-12)13-7-14-4-5-15-13/h1-9H. The smallest absolute Gasteiger partial charge is 0.270 e. The lowest BCUT2D eigenvalue weighted by atomic mass is 10.1. The molecule has 7 heteroatoms. The minimum Gasteiger partial charge on any atom is -0.289 e. The average molecular weight is 267 g/mol. The van der Waals surface area contributed by atoms with Crippen LogP contribution in [0.1, 0.15) is 0 Å². The van der Waals surface area contributed by atoms with Crippen molar-refractivity contribution >= 4 is 5.69 Å². The molecule has 0 bridgehead atoms. The zero-order chi connectivity index (χ0) is 13.9. The topological polar surface area (TPSA) is 86.7 Å². The zero-order valence-corrected chi connectivity index (χ0v) is 10.2. The summed E-state index contributed by atoms with van der Waals surface area (Å²) in [6.45, 7) is 0. The third kappa shape index (κ3) is 2.24. The van der Waals surface area contributed by atoms with Crippen molar-refractivity contribution in [2.24, 2.45) is 0 Å². The van der Waals surface area contributed by atoms with E-state index >= 15 is 0 Å². The van der Waals surface area contributed by atoms with Gasteiger partial charge in [-0.25, -0.2) is 9.97 Å². The van der Waals surface area contributed by atoms with Gasteiger partial charge in [0.2, 0.25) is 0 Å². The van der Waals surface area contributed by atoms with Gasteiger partial charge in [-0.15, -0.1) is 0 Å². The molecule has 3 rings (SSSR count). The summed E-state index contributed by atoms with van der Waals surface area (Å²) >= 11 is 0. The molecule has 0 spiro atoms. The van der Waals surface area contributed by atoms with Crippen LogP contribution in [0, 0.1) is 10.1 Å². The fourth-order valence-electron chi connectivity index (χ4n) is 1.80. The Morgan fingerprint density at radius 3 is 2.85 bits per heavy atom. The van der Waals surface area contributed by atoms with E-state index in [0.29, 0.717) is 17.1 Å². The molecule has 0 amide bonds. The van der Waals surface area contributed by atoms with E-state index < -0.39 is 4.92 Å². The number of nitrogens with zero attached hydrogens (tertiary/aromatic N) is 5. The zero-order valence-electron chi connectivity index (χ0n) is 10.2. The Balaban J connectivity index is 1.98. The summed E-state index contributed by atoms with van der Waals surface area (Å²) in [7, 11) is 0. The number of non-ortho nitro benzene ring substituents is 1. The quantitative estimate of drug-likeness (QED) is 0.536. The van der Waals surface area contributed by atoms with Gasteiger partial charge in [0.25, 0.3) is 5.69 Å². The van der Waals surface area contributed by atoms with Crippen LogP contribution in [0.25, 0.3) is 17.1 Å². The summed E-state index contributed by atoms with van der Waals surface area (Å²) in [6.07, 6.45) is 8.13. The van der Waals surface area contributed by atoms with Gasteiger partial charge >= 0.3 is 0 Å². The third-order valence-electron chi connectivity index (χ3n) is 2.75. The molecule has 0 saturated heterocycles. The molecule has 0 aliphatic rings. The summed E-state index contributed by atoms with van der Waals surface area (Å²) in [5, 5.41) is 10.8. The lowest BCUT2D eigenvalue weighted by Gasteiger charge is -1.98. The number of benzene rings is 1. The molecular weight excluding hydrogens is 258 g/mol. The molecule has 2 aromatic heterocycles. The van der Waals surface area contributed by atoms with Crippen LogP contribution >= 0.6 is 0 Å². The fraction of sp³-hybridized carbons (Fsp3) is 0. The van der Waals surface area contributed by atoms with Crippen LogP contribution in [-0.4, -0.2) is 24.4 Å². The minimum atomic E-state index is -0.427. The van der Waals surface area contributed by atoms with Crippen LogP contribution in [0.15, 0.2) is 55.4 Å². The van der Waals surface area contributed by atoms with Crippen LogP contribution in [0.2, 0.25) is 0 Å². The predicted molar refractivity (Wildman–Crippen MR) is 71.2 cm³/mol. The van der Waals surface area contributed by atoms with Gasteiger partial charge in [0.05, 0.1) is 16.8 Å². The molecule has 0 fully saturated rings. The van der Waals surface area contributed by atoms with Crippen molar-refractivity contribution in [2.75, 3.05) is 0 Å². The van der Waals surface area contributed by atoms with E-state index in [9.17, 15) is 10.1 Å². The van der Waals surface area contributed by atoms with Crippen LogP contribution in [0.3, 0.4) is 0 Å². The molecule has 3 aromatic rings. The molecule has 1 aromatic carbocycles. The van der Waals surface area contributed by atoms with Gasteiger partial charge in [0, 0.05) is 36.3 Å². The van der Waals surface area contributed by atoms with Crippen molar-refractivity contribution in [1.29, 1.82) is 0 Å². The minimum absolute atomic E-state index is 0.0385.